The smallest absolute Gasteiger partial charge is 0.342 e. The van der Waals surface area contributed by atoms with Gasteiger partial charge in [-0.05, 0) is 82.3 Å². The molecule has 0 amide bonds. The molecule has 0 bridgehead atoms. The zero-order chi connectivity index (χ0) is 52.0. The van der Waals surface area contributed by atoms with Crippen molar-refractivity contribution in [1.29, 1.82) is 0 Å². The molecule has 0 aliphatic carbocycles. The van der Waals surface area contributed by atoms with Crippen molar-refractivity contribution >= 4 is 56.0 Å². The van der Waals surface area contributed by atoms with Gasteiger partial charge in [0, 0.05) is 57.8 Å². The number of benzene rings is 2. The topological polar surface area (TPSA) is 227 Å². The van der Waals surface area contributed by atoms with Crippen LogP contribution in [-0.2, 0) is 81.8 Å². The van der Waals surface area contributed by atoms with Crippen LogP contribution in [0.1, 0.15) is 93.6 Å². The number of fused-ring (bicyclic) bond motifs is 2. The van der Waals surface area contributed by atoms with Crippen LogP contribution in [0.25, 0.3) is 0 Å². The highest BCUT2D eigenvalue weighted by atomic mass is 79.9. The lowest BCUT2D eigenvalue weighted by Gasteiger charge is -2.16. The molecule has 0 saturated carbocycles. The molecule has 2 N–H and O–H groups in total. The summed E-state index contributed by atoms with van der Waals surface area (Å²) in [7, 11) is 8.81. The van der Waals surface area contributed by atoms with Crippen LogP contribution in [0.3, 0.4) is 0 Å². The summed E-state index contributed by atoms with van der Waals surface area (Å²) in [6.45, 7) is 7.72. The highest BCUT2D eigenvalue weighted by Gasteiger charge is 2.33. The SMILES string of the molecule is COC(=O)C(C/C=C/Br)C/C(C)=C/Cc1c(O)c2c(c(C)c1OC)COC2=O.COC(=O)C(C/C=C/CP(=O)(OC)OC)C/C(C)=C/Cc1c(O)c2c(c(C)c1OC)COC2=O.COP(OC)OC. The molecule has 2 aliphatic rings. The lowest BCUT2D eigenvalue weighted by Crippen LogP contribution is -2.16. The van der Waals surface area contributed by atoms with Gasteiger partial charge in [-0.15, -0.1) is 0 Å². The van der Waals surface area contributed by atoms with Crippen molar-refractivity contribution in [3.05, 3.63) is 91.0 Å². The molecule has 21 heteroatoms. The van der Waals surface area contributed by atoms with Gasteiger partial charge in [-0.2, -0.15) is 0 Å². The van der Waals surface area contributed by atoms with Gasteiger partial charge in [0.15, 0.2) is 0 Å². The molecule has 69 heavy (non-hydrogen) atoms. The normalized spacial score (nSPS) is 14.3. The van der Waals surface area contributed by atoms with Crippen LogP contribution in [0.15, 0.2) is 46.5 Å². The zero-order valence-corrected chi connectivity index (χ0v) is 45.1. The number of ether oxygens (including phenoxy) is 6. The number of esters is 4. The number of aromatic hydroxyl groups is 2. The third-order valence-corrected chi connectivity index (χ3v) is 14.3. The van der Waals surface area contributed by atoms with Crippen molar-refractivity contribution in [1.82, 2.24) is 0 Å². The summed E-state index contributed by atoms with van der Waals surface area (Å²) >= 11 is 3.21. The van der Waals surface area contributed by atoms with E-state index >= 15 is 0 Å². The molecule has 2 heterocycles. The molecule has 0 fully saturated rings. The quantitative estimate of drug-likeness (QED) is 0.0456. The lowest BCUT2D eigenvalue weighted by atomic mass is 9.93. The monoisotopic (exact) mass is 1070 g/mol. The highest BCUT2D eigenvalue weighted by molar-refractivity contribution is 9.11. The number of hydrogen-bond acceptors (Lipinski definition) is 18. The number of carbonyl (C=O) groups is 4. The summed E-state index contributed by atoms with van der Waals surface area (Å²) in [5.74, 6) is -1.64. The van der Waals surface area contributed by atoms with Gasteiger partial charge in [0.2, 0.25) is 0 Å². The first kappa shape index (κ1) is 60.5. The maximum Gasteiger partial charge on any atom is 0.342 e. The molecular weight excluding hydrogens is 1010 g/mol. The zero-order valence-electron chi connectivity index (χ0n) is 41.7. The van der Waals surface area contributed by atoms with Crippen LogP contribution in [0.4, 0.5) is 0 Å². The van der Waals surface area contributed by atoms with E-state index < -0.39 is 34.1 Å². The van der Waals surface area contributed by atoms with E-state index in [0.29, 0.717) is 72.3 Å². The van der Waals surface area contributed by atoms with Gasteiger partial charge in [-0.3, -0.25) is 14.2 Å². The second-order valence-electron chi connectivity index (χ2n) is 15.4. The van der Waals surface area contributed by atoms with Crippen LogP contribution in [-0.4, -0.2) is 104 Å². The Kier molecular flexibility index (Phi) is 26.5. The van der Waals surface area contributed by atoms with Gasteiger partial charge in [-0.25, -0.2) is 9.59 Å². The number of halogens is 1. The Bertz CT molecular complexity index is 2250. The average molecular weight is 1070 g/mol. The summed E-state index contributed by atoms with van der Waals surface area (Å²) in [5.41, 5.74) is 6.13. The lowest BCUT2D eigenvalue weighted by molar-refractivity contribution is -0.146. The number of rotatable bonds is 23. The summed E-state index contributed by atoms with van der Waals surface area (Å²) < 4.78 is 66.9. The second kappa shape index (κ2) is 30.2. The molecule has 2 aromatic rings. The summed E-state index contributed by atoms with van der Waals surface area (Å²) in [6.07, 6.45) is 11.7. The van der Waals surface area contributed by atoms with E-state index in [9.17, 15) is 34.0 Å². The van der Waals surface area contributed by atoms with E-state index in [-0.39, 0.29) is 59.9 Å². The first-order valence-electron chi connectivity index (χ1n) is 21.5. The Labute approximate surface area is 414 Å². The largest absolute Gasteiger partial charge is 0.507 e. The standard InChI is InChI=1S/C24H33O9P.C21H25BrO6.C3H9O3P/c1-15(13-17(23(26)30-4)9-7-8-12-34(28,31-5)32-6)10-11-18-21(25)20-19(14-33-24(20)27)16(2)22(18)29-3;1-12(10-14(6-5-9-22)20(24)27-4)7-8-15-18(23)17-16(11-28-21(17)25)13(2)19(15)26-3;1-4-7(5-2)6-3/h7-8,10,17,25H,9,11-14H2,1-6H3;5,7,9,14,23H,6,8,10-11H2,1-4H3;1-3H3/b8-7+,15-10+;9-5+,12-7+;. The predicted molar refractivity (Wildman–Crippen MR) is 263 cm³/mol. The van der Waals surface area contributed by atoms with Gasteiger partial charge in [0.05, 0.1) is 46.4 Å². The molecule has 0 aromatic heterocycles. The molecule has 2 unspecified atom stereocenters. The van der Waals surface area contributed by atoms with Crippen molar-refractivity contribution in [3.8, 4) is 23.0 Å². The third-order valence-electron chi connectivity index (χ3n) is 11.2. The minimum Gasteiger partial charge on any atom is -0.507 e. The fraction of sp³-hybridized carbons (Fsp3) is 0.500. The molecule has 0 saturated heterocycles. The number of cyclic esters (lactones) is 2. The van der Waals surface area contributed by atoms with Crippen LogP contribution in [0, 0.1) is 25.7 Å². The van der Waals surface area contributed by atoms with Crippen LogP contribution < -0.4 is 9.47 Å². The maximum absolute atomic E-state index is 12.3. The van der Waals surface area contributed by atoms with Crippen LogP contribution in [0.2, 0.25) is 0 Å². The van der Waals surface area contributed by atoms with Crippen molar-refractivity contribution in [2.24, 2.45) is 11.8 Å². The number of phenolic OH excluding ortho intramolecular Hbond substituents is 2. The highest BCUT2D eigenvalue weighted by Crippen LogP contribution is 2.46. The van der Waals surface area contributed by atoms with Crippen molar-refractivity contribution in [3.63, 3.8) is 0 Å². The molecule has 4 rings (SSSR count). The Morgan fingerprint density at radius 3 is 1.39 bits per heavy atom. The fourth-order valence-corrected chi connectivity index (χ4v) is 9.06. The molecular formula is C48H67BrO18P2. The van der Waals surface area contributed by atoms with E-state index in [1.165, 1.54) is 42.7 Å². The molecule has 384 valence electrons. The van der Waals surface area contributed by atoms with Gasteiger partial charge in [0.1, 0.15) is 47.3 Å². The van der Waals surface area contributed by atoms with Gasteiger partial charge in [0.25, 0.3) is 0 Å². The molecule has 18 nitrogen and oxygen atoms in total. The van der Waals surface area contributed by atoms with Gasteiger partial charge in [-0.1, -0.05) is 57.5 Å². The second-order valence-corrected chi connectivity index (χ2v) is 19.8. The summed E-state index contributed by atoms with van der Waals surface area (Å²) in [6, 6.07) is 0. The van der Waals surface area contributed by atoms with Crippen molar-refractivity contribution in [2.75, 3.05) is 70.2 Å². The average Bonchev–Trinajstić information content (AvgIpc) is 3.95. The number of allylic oxidation sites excluding steroid dienone is 7. The van der Waals surface area contributed by atoms with Crippen LogP contribution >= 0.6 is 32.1 Å². The minimum absolute atomic E-state index is 0.0991. The number of phenols is 2. The first-order valence-corrected chi connectivity index (χ1v) is 25.2. The van der Waals surface area contributed by atoms with Crippen LogP contribution in [0.5, 0.6) is 23.0 Å². The Hall–Kier alpha value is -4.58. The minimum atomic E-state index is -3.15. The Morgan fingerprint density at radius 1 is 0.681 bits per heavy atom. The first-order chi connectivity index (χ1) is 32.8. The van der Waals surface area contributed by atoms with E-state index in [1.54, 1.807) is 38.5 Å². The summed E-state index contributed by atoms with van der Waals surface area (Å²) in [4.78, 5) is 50.1. The van der Waals surface area contributed by atoms with Gasteiger partial charge < -0.3 is 61.3 Å². The molecule has 2 aromatic carbocycles. The summed E-state index contributed by atoms with van der Waals surface area (Å²) in [5, 5.41) is 21.4. The molecule has 0 radical (unpaired) electrons. The van der Waals surface area contributed by atoms with E-state index in [4.69, 9.17) is 37.5 Å². The van der Waals surface area contributed by atoms with E-state index in [2.05, 4.69) is 29.5 Å². The fourth-order valence-electron chi connectivity index (χ4n) is 7.54. The maximum atomic E-state index is 12.3. The number of hydrogen-bond donors (Lipinski definition) is 2. The number of methoxy groups -OCH3 is 4. The molecule has 2 aliphatic heterocycles. The van der Waals surface area contributed by atoms with E-state index in [0.717, 1.165) is 22.3 Å². The van der Waals surface area contributed by atoms with Crippen molar-refractivity contribution in [2.45, 2.75) is 79.4 Å². The van der Waals surface area contributed by atoms with E-state index in [1.807, 2.05) is 45.9 Å². The third kappa shape index (κ3) is 16.8. The number of carbonyl (C=O) groups excluding carboxylic acids is 4. The molecule has 0 spiro atoms. The van der Waals surface area contributed by atoms with Crippen molar-refractivity contribution < 1.29 is 85.0 Å². The Balaban J connectivity index is 0.000000421. The molecule has 2 atom stereocenters. The predicted octanol–water partition coefficient (Wildman–Crippen LogP) is 9.98. The van der Waals surface area contributed by atoms with Gasteiger partial charge >= 0.3 is 40.1 Å². The Morgan fingerprint density at radius 2 is 1.07 bits per heavy atom.